The number of ether oxygens (including phenoxy) is 1. The molecule has 9 heteroatoms. The molecule has 1 spiro atoms. The third-order valence-electron chi connectivity index (χ3n) is 8.82. The molecular weight excluding hydrogens is 468 g/mol. The van der Waals surface area contributed by atoms with E-state index in [4.69, 9.17) is 4.74 Å². The summed E-state index contributed by atoms with van der Waals surface area (Å²) in [7, 11) is 5.84. The molecule has 1 aliphatic heterocycles. The fraction of sp³-hybridized carbons (Fsp3) is 0.571. The van der Waals surface area contributed by atoms with E-state index in [2.05, 4.69) is 69.5 Å². The number of nitrogens with zero attached hydrogens (tertiary/aromatic N) is 5. The van der Waals surface area contributed by atoms with Gasteiger partial charge in [-0.3, -0.25) is 15.0 Å². The summed E-state index contributed by atoms with van der Waals surface area (Å²) in [6.45, 7) is 1.35. The van der Waals surface area contributed by atoms with Crippen molar-refractivity contribution in [2.75, 3.05) is 46.2 Å². The van der Waals surface area contributed by atoms with Crippen molar-refractivity contribution < 1.29 is 14.3 Å². The molecule has 1 N–H and O–H groups in total. The summed E-state index contributed by atoms with van der Waals surface area (Å²) in [6, 6.07) is 12.3. The van der Waals surface area contributed by atoms with E-state index in [1.807, 2.05) is 0 Å². The van der Waals surface area contributed by atoms with E-state index in [-0.39, 0.29) is 35.5 Å². The van der Waals surface area contributed by atoms with Gasteiger partial charge in [0.2, 0.25) is 17.7 Å². The number of nitrogens with one attached hydrogen (secondary N) is 1. The van der Waals surface area contributed by atoms with Crippen LogP contribution < -0.4 is 10.1 Å². The molecule has 0 atom stereocenters. The van der Waals surface area contributed by atoms with Crippen molar-refractivity contribution >= 4 is 17.9 Å². The smallest absolute Gasteiger partial charge is 0.321 e. The van der Waals surface area contributed by atoms with Crippen LogP contribution in [0.3, 0.4) is 0 Å². The maximum absolute atomic E-state index is 13.7. The first-order chi connectivity index (χ1) is 17.8. The highest BCUT2D eigenvalue weighted by atomic mass is 16.5. The van der Waals surface area contributed by atoms with E-state index in [9.17, 15) is 9.59 Å². The standard InChI is InChI=1S/C28H38N6O3/c1-32(2)28(22-10-5-4-6-11-22)15-13-27(14-16-28)20-33(26(36)34(27)18-21-8-7-9-21)19-23(35)30-25-29-17-12-24(31-25)37-3/h4-6,10-12,17,21H,7-9,13-16,18-20H2,1-3H3,(H,29,30,31,35)/t27-,28-. The van der Waals surface area contributed by atoms with Crippen LogP contribution in [0.25, 0.3) is 0 Å². The van der Waals surface area contributed by atoms with Crippen molar-refractivity contribution in [2.45, 2.75) is 56.0 Å². The van der Waals surface area contributed by atoms with Crippen LogP contribution in [-0.4, -0.2) is 83.0 Å². The van der Waals surface area contributed by atoms with Gasteiger partial charge in [0.25, 0.3) is 0 Å². The second-order valence-corrected chi connectivity index (χ2v) is 11.0. The minimum absolute atomic E-state index is 0.0141. The van der Waals surface area contributed by atoms with Gasteiger partial charge in [-0.15, -0.1) is 0 Å². The van der Waals surface area contributed by atoms with Crippen LogP contribution in [0.1, 0.15) is 50.5 Å². The second kappa shape index (κ2) is 10.3. The molecule has 2 heterocycles. The lowest BCUT2D eigenvalue weighted by atomic mass is 9.68. The fourth-order valence-corrected chi connectivity index (χ4v) is 6.36. The van der Waals surface area contributed by atoms with Gasteiger partial charge in [0.05, 0.1) is 12.6 Å². The summed E-state index contributed by atoms with van der Waals surface area (Å²) in [6.07, 6.45) is 8.89. The number of carbonyl (C=O) groups is 2. The number of benzene rings is 1. The SMILES string of the molecule is COc1ccnc(NC(=O)CN2C[C@]3(CC[C@@](c4ccccc4)(N(C)C)CC3)N(CC3CCC3)C2=O)n1. The number of urea groups is 1. The van der Waals surface area contributed by atoms with Crippen molar-refractivity contribution in [3.8, 4) is 5.88 Å². The maximum atomic E-state index is 13.7. The lowest BCUT2D eigenvalue weighted by Gasteiger charge is -2.51. The van der Waals surface area contributed by atoms with E-state index < -0.39 is 0 Å². The molecule has 1 aromatic heterocycles. The van der Waals surface area contributed by atoms with Gasteiger partial charge in [0, 0.05) is 30.9 Å². The highest BCUT2D eigenvalue weighted by molar-refractivity contribution is 5.93. The zero-order valence-electron chi connectivity index (χ0n) is 22.2. The monoisotopic (exact) mass is 506 g/mol. The number of anilines is 1. The molecular formula is C28H38N6O3. The first kappa shape index (κ1) is 25.4. The molecule has 0 bridgehead atoms. The Bertz CT molecular complexity index is 1110. The molecule has 0 unspecified atom stereocenters. The molecule has 3 fully saturated rings. The molecule has 3 amide bonds. The van der Waals surface area contributed by atoms with E-state index in [0.717, 1.165) is 32.2 Å². The summed E-state index contributed by atoms with van der Waals surface area (Å²) >= 11 is 0. The van der Waals surface area contributed by atoms with E-state index in [0.29, 0.717) is 18.3 Å². The van der Waals surface area contributed by atoms with Gasteiger partial charge in [-0.1, -0.05) is 36.8 Å². The van der Waals surface area contributed by atoms with Crippen molar-refractivity contribution in [1.29, 1.82) is 0 Å². The molecule has 3 aliphatic rings. The second-order valence-electron chi connectivity index (χ2n) is 11.0. The highest BCUT2D eigenvalue weighted by Crippen LogP contribution is 2.49. The van der Waals surface area contributed by atoms with Gasteiger partial charge in [-0.05, 0) is 64.1 Å². The van der Waals surface area contributed by atoms with Gasteiger partial charge in [0.15, 0.2) is 0 Å². The minimum Gasteiger partial charge on any atom is -0.481 e. The third-order valence-corrected chi connectivity index (χ3v) is 8.82. The first-order valence-electron chi connectivity index (χ1n) is 13.3. The predicted molar refractivity (Wildman–Crippen MR) is 141 cm³/mol. The highest BCUT2D eigenvalue weighted by Gasteiger charge is 2.55. The summed E-state index contributed by atoms with van der Waals surface area (Å²) in [5.74, 6) is 0.811. The molecule has 37 heavy (non-hydrogen) atoms. The predicted octanol–water partition coefficient (Wildman–Crippen LogP) is 3.73. The van der Waals surface area contributed by atoms with Crippen LogP contribution >= 0.6 is 0 Å². The zero-order valence-corrected chi connectivity index (χ0v) is 22.2. The Hall–Kier alpha value is -3.20. The van der Waals surface area contributed by atoms with E-state index in [1.165, 1.54) is 38.1 Å². The number of hydrogen-bond donors (Lipinski definition) is 1. The fourth-order valence-electron chi connectivity index (χ4n) is 6.36. The van der Waals surface area contributed by atoms with Crippen LogP contribution in [0.5, 0.6) is 5.88 Å². The molecule has 198 valence electrons. The van der Waals surface area contributed by atoms with Gasteiger partial charge >= 0.3 is 6.03 Å². The number of carbonyl (C=O) groups excluding carboxylic acids is 2. The Morgan fingerprint density at radius 3 is 2.49 bits per heavy atom. The number of aromatic nitrogens is 2. The molecule has 1 saturated heterocycles. The van der Waals surface area contributed by atoms with Crippen LogP contribution in [0, 0.1) is 5.92 Å². The van der Waals surface area contributed by atoms with Crippen molar-refractivity contribution in [3.63, 3.8) is 0 Å². The third kappa shape index (κ3) is 4.89. The average Bonchev–Trinajstić information content (AvgIpc) is 3.12. The summed E-state index contributed by atoms with van der Waals surface area (Å²) in [5.41, 5.74) is 1.04. The minimum atomic E-state index is -0.301. The molecule has 2 aromatic rings. The molecule has 2 saturated carbocycles. The summed E-state index contributed by atoms with van der Waals surface area (Å²) in [4.78, 5) is 41.1. The van der Waals surface area contributed by atoms with Crippen molar-refractivity contribution in [1.82, 2.24) is 24.7 Å². The summed E-state index contributed by atoms with van der Waals surface area (Å²) < 4.78 is 5.12. The van der Waals surface area contributed by atoms with Gasteiger partial charge in [-0.2, -0.15) is 4.98 Å². The number of hydrogen-bond acceptors (Lipinski definition) is 6. The first-order valence-corrected chi connectivity index (χ1v) is 13.3. The number of methoxy groups -OCH3 is 1. The zero-order chi connectivity index (χ0) is 26.0. The lowest BCUT2D eigenvalue weighted by molar-refractivity contribution is -0.116. The maximum Gasteiger partial charge on any atom is 0.321 e. The molecule has 0 radical (unpaired) electrons. The largest absolute Gasteiger partial charge is 0.481 e. The quantitative estimate of drug-likeness (QED) is 0.587. The van der Waals surface area contributed by atoms with Crippen LogP contribution in [0.15, 0.2) is 42.6 Å². The van der Waals surface area contributed by atoms with Crippen molar-refractivity contribution in [3.05, 3.63) is 48.2 Å². The van der Waals surface area contributed by atoms with Crippen molar-refractivity contribution in [2.24, 2.45) is 5.92 Å². The van der Waals surface area contributed by atoms with Crippen LogP contribution in [0.2, 0.25) is 0 Å². The molecule has 9 nitrogen and oxygen atoms in total. The normalized spacial score (nSPS) is 26.0. The molecule has 2 aliphatic carbocycles. The van der Waals surface area contributed by atoms with Crippen LogP contribution in [-0.2, 0) is 10.3 Å². The Labute approximate surface area is 219 Å². The van der Waals surface area contributed by atoms with E-state index in [1.54, 1.807) is 11.0 Å². The average molecular weight is 507 g/mol. The Balaban J connectivity index is 1.33. The van der Waals surface area contributed by atoms with Gasteiger partial charge in [-0.25, -0.2) is 9.78 Å². The topological polar surface area (TPSA) is 90.9 Å². The lowest BCUT2D eigenvalue weighted by Crippen LogP contribution is -2.56. The van der Waals surface area contributed by atoms with E-state index >= 15 is 0 Å². The van der Waals surface area contributed by atoms with Gasteiger partial charge < -0.3 is 14.5 Å². The molecule has 5 rings (SSSR count). The Morgan fingerprint density at radius 2 is 1.86 bits per heavy atom. The summed E-state index contributed by atoms with van der Waals surface area (Å²) in [5, 5.41) is 2.72. The molecule has 1 aromatic carbocycles. The number of amides is 3. The van der Waals surface area contributed by atoms with Gasteiger partial charge in [0.1, 0.15) is 6.54 Å². The Kier molecular flexibility index (Phi) is 7.07. The number of rotatable bonds is 8. The van der Waals surface area contributed by atoms with Crippen LogP contribution in [0.4, 0.5) is 10.7 Å². The Morgan fingerprint density at radius 1 is 1.14 bits per heavy atom.